The van der Waals surface area contributed by atoms with Gasteiger partial charge < -0.3 is 9.80 Å². The van der Waals surface area contributed by atoms with Crippen LogP contribution in [0.25, 0.3) is 0 Å². The van der Waals surface area contributed by atoms with Crippen LogP contribution in [0.15, 0.2) is 47.4 Å². The van der Waals surface area contributed by atoms with Crippen molar-refractivity contribution in [2.75, 3.05) is 58.8 Å². The fourth-order valence-electron chi connectivity index (χ4n) is 3.77. The molecule has 1 saturated heterocycles. The van der Waals surface area contributed by atoms with E-state index in [1.807, 2.05) is 19.0 Å². The minimum Gasteiger partial charge on any atom is -0.378 e. The zero-order chi connectivity index (χ0) is 21.9. The zero-order valence-electron chi connectivity index (χ0n) is 18.1. The number of likely N-dealkylation sites (N-methyl/N-ethyl adjacent to an activating group) is 1. The Hall–Kier alpha value is -2.00. The summed E-state index contributed by atoms with van der Waals surface area (Å²) in [5, 5.41) is 0. The number of aryl methyl sites for hydroxylation is 1. The molecule has 0 saturated carbocycles. The number of anilines is 1. The molecule has 0 spiro atoms. The highest BCUT2D eigenvalue weighted by Crippen LogP contribution is 2.25. The Labute approximate surface area is 179 Å². The molecule has 1 atom stereocenters. The largest absolute Gasteiger partial charge is 0.378 e. The highest BCUT2D eigenvalue weighted by molar-refractivity contribution is 7.89. The molecule has 30 heavy (non-hydrogen) atoms. The third-order valence-corrected chi connectivity index (χ3v) is 7.25. The normalized spacial score (nSPS) is 17.1. The molecule has 0 aliphatic carbocycles. The summed E-state index contributed by atoms with van der Waals surface area (Å²) >= 11 is 0. The third-order valence-electron chi connectivity index (χ3n) is 5.67. The lowest BCUT2D eigenvalue weighted by molar-refractivity contribution is 0.113. The van der Waals surface area contributed by atoms with Crippen LogP contribution in [-0.4, -0.2) is 72.1 Å². The molecular formula is C22H31FN4O2S. The van der Waals surface area contributed by atoms with Gasteiger partial charge in [-0.1, -0.05) is 12.1 Å². The second-order valence-electron chi connectivity index (χ2n) is 8.10. The van der Waals surface area contributed by atoms with E-state index in [1.165, 1.54) is 18.2 Å². The maximum atomic E-state index is 13.4. The average molecular weight is 435 g/mol. The van der Waals surface area contributed by atoms with Crippen LogP contribution < -0.4 is 9.62 Å². The standard InChI is InChI=1S/C22H31FN4O2S/c1-17-15-19(23)7-10-22(17)30(28,29)24-16-21(27-13-11-26(4)12-14-27)18-5-8-20(9-6-18)25(2)3/h5-10,15,21,24H,11-14,16H2,1-4H3/t21-/m1/s1. The van der Waals surface area contributed by atoms with E-state index < -0.39 is 15.8 Å². The van der Waals surface area contributed by atoms with Gasteiger partial charge in [0.2, 0.25) is 10.0 Å². The summed E-state index contributed by atoms with van der Waals surface area (Å²) in [6.07, 6.45) is 0. The van der Waals surface area contributed by atoms with Crippen molar-refractivity contribution in [2.45, 2.75) is 17.9 Å². The molecule has 2 aromatic carbocycles. The fraction of sp³-hybridized carbons (Fsp3) is 0.455. The van der Waals surface area contributed by atoms with Crippen molar-refractivity contribution >= 4 is 15.7 Å². The van der Waals surface area contributed by atoms with Gasteiger partial charge in [0.25, 0.3) is 0 Å². The van der Waals surface area contributed by atoms with Gasteiger partial charge in [-0.2, -0.15) is 0 Å². The monoisotopic (exact) mass is 434 g/mol. The Morgan fingerprint density at radius 2 is 1.70 bits per heavy atom. The first-order valence-electron chi connectivity index (χ1n) is 10.1. The van der Waals surface area contributed by atoms with Crippen molar-refractivity contribution in [1.29, 1.82) is 0 Å². The summed E-state index contributed by atoms with van der Waals surface area (Å²) in [5.74, 6) is -0.442. The van der Waals surface area contributed by atoms with Crippen LogP contribution in [-0.2, 0) is 10.0 Å². The third kappa shape index (κ3) is 5.37. The van der Waals surface area contributed by atoms with Crippen molar-refractivity contribution in [2.24, 2.45) is 0 Å². The highest BCUT2D eigenvalue weighted by Gasteiger charge is 2.26. The number of piperazine rings is 1. The topological polar surface area (TPSA) is 55.9 Å². The lowest BCUT2D eigenvalue weighted by atomic mass is 10.0. The van der Waals surface area contributed by atoms with Crippen LogP contribution in [0.3, 0.4) is 0 Å². The number of nitrogens with one attached hydrogen (secondary N) is 1. The van der Waals surface area contributed by atoms with Crippen LogP contribution in [0, 0.1) is 12.7 Å². The Balaban J connectivity index is 1.83. The van der Waals surface area contributed by atoms with Crippen LogP contribution in [0.4, 0.5) is 10.1 Å². The Kier molecular flexibility index (Phi) is 7.13. The molecule has 8 heteroatoms. The molecule has 1 aliphatic rings. The molecule has 0 unspecified atom stereocenters. The molecule has 1 aliphatic heterocycles. The maximum absolute atomic E-state index is 13.4. The van der Waals surface area contributed by atoms with Crippen molar-refractivity contribution in [3.8, 4) is 0 Å². The number of hydrogen-bond donors (Lipinski definition) is 1. The molecule has 0 radical (unpaired) electrons. The first-order chi connectivity index (χ1) is 14.2. The van der Waals surface area contributed by atoms with E-state index in [-0.39, 0.29) is 17.5 Å². The van der Waals surface area contributed by atoms with Gasteiger partial charge in [0.1, 0.15) is 5.82 Å². The maximum Gasteiger partial charge on any atom is 0.240 e. The fourth-order valence-corrected chi connectivity index (χ4v) is 5.03. The number of hydrogen-bond acceptors (Lipinski definition) is 5. The van der Waals surface area contributed by atoms with E-state index in [2.05, 4.69) is 45.8 Å². The predicted molar refractivity (Wildman–Crippen MR) is 119 cm³/mol. The first kappa shape index (κ1) is 22.7. The van der Waals surface area contributed by atoms with Crippen LogP contribution in [0.5, 0.6) is 0 Å². The molecule has 6 nitrogen and oxygen atoms in total. The molecule has 0 aromatic heterocycles. The van der Waals surface area contributed by atoms with Crippen LogP contribution >= 0.6 is 0 Å². The average Bonchev–Trinajstić information content (AvgIpc) is 2.69. The molecular weight excluding hydrogens is 403 g/mol. The highest BCUT2D eigenvalue weighted by atomic mass is 32.2. The van der Waals surface area contributed by atoms with E-state index in [9.17, 15) is 12.8 Å². The Morgan fingerprint density at radius 3 is 2.27 bits per heavy atom. The lowest BCUT2D eigenvalue weighted by Crippen LogP contribution is -2.48. The number of sulfonamides is 1. The summed E-state index contributed by atoms with van der Waals surface area (Å²) in [4.78, 5) is 6.75. The van der Waals surface area contributed by atoms with Crippen molar-refractivity contribution in [3.63, 3.8) is 0 Å². The van der Waals surface area contributed by atoms with E-state index in [1.54, 1.807) is 6.92 Å². The lowest BCUT2D eigenvalue weighted by Gasteiger charge is -2.38. The van der Waals surface area contributed by atoms with Gasteiger partial charge in [-0.15, -0.1) is 0 Å². The molecule has 0 amide bonds. The Bertz CT molecular complexity index is 956. The number of benzene rings is 2. The van der Waals surface area contributed by atoms with Gasteiger partial charge in [0, 0.05) is 58.5 Å². The van der Waals surface area contributed by atoms with Crippen LogP contribution in [0.2, 0.25) is 0 Å². The molecule has 1 heterocycles. The van der Waals surface area contributed by atoms with Crippen molar-refractivity contribution in [3.05, 3.63) is 59.4 Å². The van der Waals surface area contributed by atoms with Gasteiger partial charge in [0.05, 0.1) is 4.90 Å². The number of halogens is 1. The summed E-state index contributed by atoms with van der Waals surface area (Å²) < 4.78 is 42.0. The van der Waals surface area contributed by atoms with E-state index in [4.69, 9.17) is 0 Å². The molecule has 2 aromatic rings. The van der Waals surface area contributed by atoms with E-state index in [0.29, 0.717) is 5.56 Å². The van der Waals surface area contributed by atoms with Gasteiger partial charge >= 0.3 is 0 Å². The quantitative estimate of drug-likeness (QED) is 0.726. The second-order valence-corrected chi connectivity index (χ2v) is 9.84. The molecule has 3 rings (SSSR count). The minimum absolute atomic E-state index is 0.0783. The summed E-state index contributed by atoms with van der Waals surface area (Å²) in [6, 6.07) is 11.9. The molecule has 1 fully saturated rings. The number of rotatable bonds is 7. The van der Waals surface area contributed by atoms with Crippen LogP contribution in [0.1, 0.15) is 17.2 Å². The SMILES string of the molecule is Cc1cc(F)ccc1S(=O)(=O)NC[C@H](c1ccc(N(C)C)cc1)N1CCN(C)CC1. The molecule has 164 valence electrons. The van der Waals surface area contributed by atoms with E-state index >= 15 is 0 Å². The molecule has 0 bridgehead atoms. The smallest absolute Gasteiger partial charge is 0.240 e. The molecule has 1 N–H and O–H groups in total. The van der Waals surface area contributed by atoms with Gasteiger partial charge in [-0.05, 0) is 55.4 Å². The summed E-state index contributed by atoms with van der Waals surface area (Å²) in [5.41, 5.74) is 2.57. The summed E-state index contributed by atoms with van der Waals surface area (Å²) in [6.45, 7) is 5.48. The second kappa shape index (κ2) is 9.43. The van der Waals surface area contributed by atoms with Crippen molar-refractivity contribution in [1.82, 2.24) is 14.5 Å². The summed E-state index contributed by atoms with van der Waals surface area (Å²) in [7, 11) is 2.34. The van der Waals surface area contributed by atoms with Gasteiger partial charge in [-0.3, -0.25) is 4.90 Å². The minimum atomic E-state index is -3.74. The van der Waals surface area contributed by atoms with Gasteiger partial charge in [-0.25, -0.2) is 17.5 Å². The predicted octanol–water partition coefficient (Wildman–Crippen LogP) is 2.47. The zero-order valence-corrected chi connectivity index (χ0v) is 18.9. The van der Waals surface area contributed by atoms with Crippen molar-refractivity contribution < 1.29 is 12.8 Å². The Morgan fingerprint density at radius 1 is 1.07 bits per heavy atom. The number of nitrogens with zero attached hydrogens (tertiary/aromatic N) is 3. The first-order valence-corrected chi connectivity index (χ1v) is 11.6. The van der Waals surface area contributed by atoms with Gasteiger partial charge in [0.15, 0.2) is 0 Å². The van der Waals surface area contributed by atoms with E-state index in [0.717, 1.165) is 37.4 Å².